The van der Waals surface area contributed by atoms with Gasteiger partial charge in [-0.05, 0) is 31.0 Å². The number of halogens is 2. The Kier molecular flexibility index (Phi) is 3.58. The Morgan fingerprint density at radius 1 is 1.41 bits per heavy atom. The molecule has 0 aromatic heterocycles. The lowest BCUT2D eigenvalue weighted by molar-refractivity contribution is 0.562. The largest absolute Gasteiger partial charge is 0.381 e. The van der Waals surface area contributed by atoms with E-state index in [0.29, 0.717) is 12.1 Å². The number of benzene rings is 1. The van der Waals surface area contributed by atoms with Crippen molar-refractivity contribution in [1.29, 1.82) is 0 Å². The first-order chi connectivity index (χ1) is 7.96. The molecule has 3 nitrogen and oxygen atoms in total. The lowest BCUT2D eigenvalue weighted by Gasteiger charge is -2.24. The van der Waals surface area contributed by atoms with Gasteiger partial charge in [-0.1, -0.05) is 11.6 Å². The number of rotatable bonds is 2. The first-order valence-corrected chi connectivity index (χ1v) is 7.58. The third-order valence-electron chi connectivity index (χ3n) is 2.75. The van der Waals surface area contributed by atoms with Crippen molar-refractivity contribution in [3.63, 3.8) is 0 Å². The second-order valence-corrected chi connectivity index (χ2v) is 6.86. The smallest absolute Gasteiger partial charge is 0.152 e. The van der Waals surface area contributed by atoms with E-state index in [1.165, 1.54) is 12.1 Å². The van der Waals surface area contributed by atoms with E-state index in [-0.39, 0.29) is 22.6 Å². The molecule has 0 saturated carbocycles. The summed E-state index contributed by atoms with van der Waals surface area (Å²) in [6.07, 6.45) is 1.46. The van der Waals surface area contributed by atoms with Gasteiger partial charge in [-0.25, -0.2) is 12.8 Å². The summed E-state index contributed by atoms with van der Waals surface area (Å²) in [5.41, 5.74) is 0.651. The average Bonchev–Trinajstić information content (AvgIpc) is 2.22. The van der Waals surface area contributed by atoms with E-state index in [1.807, 2.05) is 0 Å². The van der Waals surface area contributed by atoms with E-state index in [0.717, 1.165) is 6.42 Å². The first-order valence-electron chi connectivity index (χ1n) is 5.38. The van der Waals surface area contributed by atoms with Crippen LogP contribution in [0.2, 0.25) is 5.02 Å². The van der Waals surface area contributed by atoms with E-state index < -0.39 is 15.7 Å². The van der Waals surface area contributed by atoms with Crippen LogP contribution in [0.4, 0.5) is 10.1 Å². The predicted molar refractivity (Wildman–Crippen MR) is 66.7 cm³/mol. The van der Waals surface area contributed by atoms with Crippen LogP contribution >= 0.6 is 11.6 Å². The van der Waals surface area contributed by atoms with Crippen molar-refractivity contribution in [3.8, 4) is 0 Å². The summed E-state index contributed by atoms with van der Waals surface area (Å²) < 4.78 is 35.8. The molecule has 0 bridgehead atoms. The SMILES string of the molecule is O=S1(=O)CCCC(Nc2ccc(F)c(Cl)c2)C1. The van der Waals surface area contributed by atoms with Gasteiger partial charge in [-0.2, -0.15) is 0 Å². The van der Waals surface area contributed by atoms with Crippen molar-refractivity contribution in [3.05, 3.63) is 29.0 Å². The Morgan fingerprint density at radius 3 is 2.82 bits per heavy atom. The van der Waals surface area contributed by atoms with Crippen molar-refractivity contribution in [2.75, 3.05) is 16.8 Å². The summed E-state index contributed by atoms with van der Waals surface area (Å²) >= 11 is 5.65. The Labute approximate surface area is 105 Å². The molecule has 1 aliphatic rings. The van der Waals surface area contributed by atoms with Crippen molar-refractivity contribution >= 4 is 27.1 Å². The first kappa shape index (κ1) is 12.6. The Balaban J connectivity index is 2.08. The molecule has 1 aromatic rings. The summed E-state index contributed by atoms with van der Waals surface area (Å²) in [5.74, 6) is -0.0920. The number of hydrogen-bond donors (Lipinski definition) is 1. The van der Waals surface area contributed by atoms with Gasteiger partial charge in [-0.15, -0.1) is 0 Å². The number of anilines is 1. The van der Waals surface area contributed by atoms with Crippen LogP contribution in [0.5, 0.6) is 0 Å². The summed E-state index contributed by atoms with van der Waals surface area (Å²) in [4.78, 5) is 0. The standard InChI is InChI=1S/C11H13ClFNO2S/c12-10-6-8(3-4-11(10)13)14-9-2-1-5-17(15,16)7-9/h3-4,6,9,14H,1-2,5,7H2. The van der Waals surface area contributed by atoms with Gasteiger partial charge < -0.3 is 5.32 Å². The fraction of sp³-hybridized carbons (Fsp3) is 0.455. The molecule has 1 aromatic carbocycles. The molecule has 1 unspecified atom stereocenters. The van der Waals surface area contributed by atoms with Crippen LogP contribution in [0.3, 0.4) is 0 Å². The normalized spacial score (nSPS) is 23.3. The van der Waals surface area contributed by atoms with Crippen LogP contribution < -0.4 is 5.32 Å². The molecule has 0 radical (unpaired) electrons. The van der Waals surface area contributed by atoms with Gasteiger partial charge in [0, 0.05) is 11.7 Å². The average molecular weight is 278 g/mol. The van der Waals surface area contributed by atoms with Gasteiger partial charge in [0.25, 0.3) is 0 Å². The molecule has 0 aliphatic carbocycles. The highest BCUT2D eigenvalue weighted by Crippen LogP contribution is 2.22. The fourth-order valence-corrected chi connectivity index (χ4v) is 3.78. The summed E-state index contributed by atoms with van der Waals surface area (Å²) in [6, 6.07) is 4.18. The van der Waals surface area contributed by atoms with Gasteiger partial charge in [0.1, 0.15) is 5.82 Å². The highest BCUT2D eigenvalue weighted by Gasteiger charge is 2.24. The maximum atomic E-state index is 12.9. The van der Waals surface area contributed by atoms with Gasteiger partial charge in [0.15, 0.2) is 9.84 Å². The third-order valence-corrected chi connectivity index (χ3v) is 4.86. The van der Waals surface area contributed by atoms with Gasteiger partial charge in [-0.3, -0.25) is 0 Å². The molecule has 1 saturated heterocycles. The van der Waals surface area contributed by atoms with Crippen molar-refractivity contribution in [1.82, 2.24) is 0 Å². The Hall–Kier alpha value is -0.810. The molecule has 94 valence electrons. The van der Waals surface area contributed by atoms with E-state index >= 15 is 0 Å². The molecule has 6 heteroatoms. The fourth-order valence-electron chi connectivity index (χ4n) is 1.96. The lowest BCUT2D eigenvalue weighted by atomic mass is 10.1. The predicted octanol–water partition coefficient (Wildman–Crippen LogP) is 2.47. The molecule has 1 aliphatic heterocycles. The van der Waals surface area contributed by atoms with Crippen LogP contribution in [-0.4, -0.2) is 26.0 Å². The highest BCUT2D eigenvalue weighted by molar-refractivity contribution is 7.91. The zero-order valence-corrected chi connectivity index (χ0v) is 10.7. The van der Waals surface area contributed by atoms with E-state index in [1.54, 1.807) is 6.07 Å². The molecular weight excluding hydrogens is 265 g/mol. The minimum atomic E-state index is -2.94. The zero-order chi connectivity index (χ0) is 12.5. The maximum Gasteiger partial charge on any atom is 0.152 e. The van der Waals surface area contributed by atoms with Gasteiger partial charge >= 0.3 is 0 Å². The number of hydrogen-bond acceptors (Lipinski definition) is 3. The second kappa shape index (κ2) is 4.82. The summed E-state index contributed by atoms with van der Waals surface area (Å²) in [7, 11) is -2.94. The van der Waals surface area contributed by atoms with Crippen LogP contribution in [-0.2, 0) is 9.84 Å². The topological polar surface area (TPSA) is 46.2 Å². The number of sulfone groups is 1. The van der Waals surface area contributed by atoms with Crippen molar-refractivity contribution in [2.45, 2.75) is 18.9 Å². The molecule has 1 N–H and O–H groups in total. The Bertz CT molecular complexity index is 518. The quantitative estimate of drug-likeness (QED) is 0.903. The maximum absolute atomic E-state index is 12.9. The molecular formula is C11H13ClFNO2S. The van der Waals surface area contributed by atoms with Gasteiger partial charge in [0.2, 0.25) is 0 Å². The minimum absolute atomic E-state index is 0.0358. The van der Waals surface area contributed by atoms with E-state index in [9.17, 15) is 12.8 Å². The minimum Gasteiger partial charge on any atom is -0.381 e. The van der Waals surface area contributed by atoms with Crippen molar-refractivity contribution in [2.24, 2.45) is 0 Å². The molecule has 17 heavy (non-hydrogen) atoms. The van der Waals surface area contributed by atoms with Crippen LogP contribution in [0.25, 0.3) is 0 Å². The van der Waals surface area contributed by atoms with E-state index in [2.05, 4.69) is 5.32 Å². The molecule has 1 fully saturated rings. The second-order valence-electron chi connectivity index (χ2n) is 4.23. The molecule has 1 heterocycles. The highest BCUT2D eigenvalue weighted by atomic mass is 35.5. The lowest BCUT2D eigenvalue weighted by Crippen LogP contribution is -2.34. The molecule has 0 amide bonds. The number of nitrogens with one attached hydrogen (secondary N) is 1. The molecule has 2 rings (SSSR count). The van der Waals surface area contributed by atoms with Gasteiger partial charge in [0.05, 0.1) is 16.5 Å². The van der Waals surface area contributed by atoms with Crippen LogP contribution in [0.15, 0.2) is 18.2 Å². The Morgan fingerprint density at radius 2 is 2.18 bits per heavy atom. The summed E-state index contributed by atoms with van der Waals surface area (Å²) in [6.45, 7) is 0. The zero-order valence-electron chi connectivity index (χ0n) is 9.12. The third kappa shape index (κ3) is 3.33. The summed E-state index contributed by atoms with van der Waals surface area (Å²) in [5, 5.41) is 3.11. The van der Waals surface area contributed by atoms with Crippen LogP contribution in [0.1, 0.15) is 12.8 Å². The monoisotopic (exact) mass is 277 g/mol. The van der Waals surface area contributed by atoms with E-state index in [4.69, 9.17) is 11.6 Å². The molecule has 1 atom stereocenters. The molecule has 0 spiro atoms. The van der Waals surface area contributed by atoms with Crippen LogP contribution in [0, 0.1) is 5.82 Å². The van der Waals surface area contributed by atoms with Crippen molar-refractivity contribution < 1.29 is 12.8 Å².